The number of aryl methyl sites for hydroxylation is 1. The zero-order valence-corrected chi connectivity index (χ0v) is 20.5. The number of para-hydroxylation sites is 1. The van der Waals surface area contributed by atoms with E-state index in [1.165, 1.54) is 11.8 Å². The van der Waals surface area contributed by atoms with Crippen molar-refractivity contribution in [2.75, 3.05) is 19.0 Å². The first-order valence-corrected chi connectivity index (χ1v) is 12.9. The van der Waals surface area contributed by atoms with Crippen molar-refractivity contribution in [3.63, 3.8) is 0 Å². The van der Waals surface area contributed by atoms with Crippen LogP contribution >= 0.6 is 20.2 Å². The number of carbonyl (C=O) groups is 1. The number of pyridine rings is 1. The highest BCUT2D eigenvalue weighted by atomic mass is 32.2. The third kappa shape index (κ3) is 6.22. The molecule has 0 N–H and O–H groups in total. The van der Waals surface area contributed by atoms with E-state index in [2.05, 4.69) is 0 Å². The first-order chi connectivity index (χ1) is 15.6. The normalized spacial score (nSPS) is 14.4. The van der Waals surface area contributed by atoms with E-state index in [-0.39, 0.29) is 12.6 Å². The molecule has 3 atom stereocenters. The van der Waals surface area contributed by atoms with E-state index in [1.807, 2.05) is 73.7 Å². The predicted octanol–water partition coefficient (Wildman–Crippen LogP) is 5.63. The summed E-state index contributed by atoms with van der Waals surface area (Å²) < 4.78 is 24.1. The highest BCUT2D eigenvalue weighted by Gasteiger charge is 2.44. The minimum Gasteiger partial charge on any atom is -0.466 e. The second kappa shape index (κ2) is 12.2. The summed E-state index contributed by atoms with van der Waals surface area (Å²) in [5.74, 6) is -0.612. The van der Waals surface area contributed by atoms with Crippen LogP contribution in [0.15, 0.2) is 71.8 Å². The highest BCUT2D eigenvalue weighted by Crippen LogP contribution is 2.41. The summed E-state index contributed by atoms with van der Waals surface area (Å²) in [5.41, 5.74) is 2.02. The van der Waals surface area contributed by atoms with Gasteiger partial charge in [0.1, 0.15) is 5.34 Å². The average Bonchev–Trinajstić information content (AvgIpc) is 2.83. The Balaban J connectivity index is 1.85. The highest BCUT2D eigenvalue weighted by molar-refractivity contribution is 7.99. The Morgan fingerprint density at radius 2 is 1.78 bits per heavy atom. The van der Waals surface area contributed by atoms with Gasteiger partial charge in [-0.3, -0.25) is 4.79 Å². The molecule has 7 heteroatoms. The summed E-state index contributed by atoms with van der Waals surface area (Å²) in [5, 5.41) is 0.786. The largest absolute Gasteiger partial charge is 0.466 e. The van der Waals surface area contributed by atoms with Gasteiger partial charge in [0.25, 0.3) is 0 Å². The Hall–Kier alpha value is -2.14. The van der Waals surface area contributed by atoms with Crippen LogP contribution < -0.4 is 0 Å². The van der Waals surface area contributed by atoms with Crippen molar-refractivity contribution in [2.24, 2.45) is 5.92 Å². The number of esters is 1. The summed E-state index contributed by atoms with van der Waals surface area (Å²) in [6.45, 7) is 4.28. The molecule has 0 fully saturated rings. The molecule has 32 heavy (non-hydrogen) atoms. The van der Waals surface area contributed by atoms with E-state index in [1.54, 1.807) is 6.92 Å². The van der Waals surface area contributed by atoms with Crippen molar-refractivity contribution in [2.45, 2.75) is 37.1 Å². The van der Waals surface area contributed by atoms with Crippen molar-refractivity contribution in [1.82, 2.24) is 4.98 Å². The maximum absolute atomic E-state index is 13.0. The van der Waals surface area contributed by atoms with E-state index in [9.17, 15) is 9.36 Å². The van der Waals surface area contributed by atoms with Crippen LogP contribution in [0, 0.1) is 5.92 Å². The maximum Gasteiger partial charge on any atom is 0.312 e. The molecule has 1 heterocycles. The smallest absolute Gasteiger partial charge is 0.312 e. The Kier molecular flexibility index (Phi) is 9.34. The van der Waals surface area contributed by atoms with E-state index >= 15 is 0 Å². The molecule has 3 unspecified atom stereocenters. The molecule has 0 radical (unpaired) electrons. The molecule has 3 aromatic rings. The first kappa shape index (κ1) is 24.5. The van der Waals surface area contributed by atoms with Gasteiger partial charge in [0.15, 0.2) is 0 Å². The molecule has 3 rings (SSSR count). The monoisotopic (exact) mass is 471 g/mol. The topological polar surface area (TPSA) is 65.5 Å². The summed E-state index contributed by atoms with van der Waals surface area (Å²) in [7, 11) is -1.40. The van der Waals surface area contributed by atoms with Gasteiger partial charge in [-0.1, -0.05) is 54.6 Å². The van der Waals surface area contributed by atoms with Crippen LogP contribution in [0.25, 0.3) is 10.9 Å². The number of benzene rings is 2. The minimum atomic E-state index is -1.40. The summed E-state index contributed by atoms with van der Waals surface area (Å²) in [4.78, 5) is 17.7. The number of rotatable bonds is 12. The van der Waals surface area contributed by atoms with Gasteiger partial charge in [0.2, 0.25) is 0 Å². The number of hydrogen-bond donors (Lipinski definition) is 0. The molecule has 0 aliphatic heterocycles. The molecule has 0 aliphatic carbocycles. The van der Waals surface area contributed by atoms with E-state index in [0.717, 1.165) is 21.5 Å². The van der Waals surface area contributed by atoms with Crippen molar-refractivity contribution >= 4 is 37.1 Å². The number of ether oxygens (including phenoxy) is 2. The van der Waals surface area contributed by atoms with E-state index < -0.39 is 19.7 Å². The molecule has 0 saturated carbocycles. The Morgan fingerprint density at radius 3 is 2.50 bits per heavy atom. The second-order valence-corrected chi connectivity index (χ2v) is 9.67. The summed E-state index contributed by atoms with van der Waals surface area (Å²) >= 11 is 1.47. The number of fused-ring (bicyclic) bond motifs is 1. The summed E-state index contributed by atoms with van der Waals surface area (Å²) in [6, 6.07) is 21.9. The zero-order chi connectivity index (χ0) is 22.8. The molecule has 0 aliphatic rings. The third-order valence-corrected chi connectivity index (χ3v) is 7.94. The van der Waals surface area contributed by atoms with Crippen LogP contribution in [0.3, 0.4) is 0 Å². The average molecular weight is 472 g/mol. The Bertz CT molecular complexity index is 1030. The lowest BCUT2D eigenvalue weighted by molar-refractivity contribution is -0.155. The standard InChI is InChI=1S/C25H30NO4PS/c1-3-29-24(27)21(16-14-19-10-6-5-7-11-19)25(31-28,30-4-2)18-32-23-17-15-20-12-8-9-13-22(20)26-23/h5-13,15,17,21H,3-4,14,16,18,31H2,1-2H3. The Labute approximate surface area is 195 Å². The van der Waals surface area contributed by atoms with Gasteiger partial charge in [-0.05, 0) is 44.4 Å². The van der Waals surface area contributed by atoms with Crippen LogP contribution in [0.4, 0.5) is 0 Å². The molecule has 2 aromatic carbocycles. The third-order valence-electron chi connectivity index (χ3n) is 5.36. The van der Waals surface area contributed by atoms with Crippen LogP contribution in [0.2, 0.25) is 0 Å². The predicted molar refractivity (Wildman–Crippen MR) is 132 cm³/mol. The lowest BCUT2D eigenvalue weighted by Crippen LogP contribution is -2.43. The van der Waals surface area contributed by atoms with Crippen LogP contribution in [0.5, 0.6) is 0 Å². The number of carbonyl (C=O) groups excluding carboxylic acids is 1. The van der Waals surface area contributed by atoms with Crippen molar-refractivity contribution in [1.29, 1.82) is 0 Å². The molecule has 0 amide bonds. The number of thioether (sulfide) groups is 1. The maximum atomic E-state index is 13.0. The molecule has 1 aromatic heterocycles. The lowest BCUT2D eigenvalue weighted by Gasteiger charge is -2.35. The van der Waals surface area contributed by atoms with Gasteiger partial charge in [-0.2, -0.15) is 0 Å². The minimum absolute atomic E-state index is 0.274. The van der Waals surface area contributed by atoms with Crippen LogP contribution in [-0.2, 0) is 25.3 Å². The van der Waals surface area contributed by atoms with Gasteiger partial charge in [-0.25, -0.2) is 4.98 Å². The van der Waals surface area contributed by atoms with Crippen molar-refractivity contribution in [3.8, 4) is 0 Å². The molecule has 0 spiro atoms. The second-order valence-electron chi connectivity index (χ2n) is 7.47. The number of aromatic nitrogens is 1. The van der Waals surface area contributed by atoms with Crippen molar-refractivity contribution in [3.05, 3.63) is 72.3 Å². The van der Waals surface area contributed by atoms with Crippen molar-refractivity contribution < 1.29 is 18.8 Å². The fourth-order valence-electron chi connectivity index (χ4n) is 3.74. The van der Waals surface area contributed by atoms with Gasteiger partial charge >= 0.3 is 5.97 Å². The van der Waals surface area contributed by atoms with Gasteiger partial charge in [0.05, 0.1) is 31.5 Å². The fourth-order valence-corrected chi connectivity index (χ4v) is 5.95. The fraction of sp³-hybridized carbons (Fsp3) is 0.360. The van der Waals surface area contributed by atoms with E-state index in [0.29, 0.717) is 25.2 Å². The quantitative estimate of drug-likeness (QED) is 0.194. The van der Waals surface area contributed by atoms with Crippen LogP contribution in [0.1, 0.15) is 25.8 Å². The number of hydrogen-bond acceptors (Lipinski definition) is 6. The van der Waals surface area contributed by atoms with E-state index in [4.69, 9.17) is 14.5 Å². The molecule has 0 bridgehead atoms. The molecular weight excluding hydrogens is 441 g/mol. The zero-order valence-electron chi connectivity index (χ0n) is 18.5. The van der Waals surface area contributed by atoms with Crippen LogP contribution in [-0.4, -0.2) is 35.3 Å². The van der Waals surface area contributed by atoms with Gasteiger partial charge in [0, 0.05) is 17.7 Å². The Morgan fingerprint density at radius 1 is 1.03 bits per heavy atom. The number of nitrogens with zero attached hydrogens (tertiary/aromatic N) is 1. The first-order valence-electron chi connectivity index (χ1n) is 10.9. The molecule has 170 valence electrons. The molecule has 0 saturated heterocycles. The van der Waals surface area contributed by atoms with Gasteiger partial charge in [-0.15, -0.1) is 11.8 Å². The van der Waals surface area contributed by atoms with Gasteiger partial charge < -0.3 is 14.0 Å². The molecule has 5 nitrogen and oxygen atoms in total. The SMILES string of the molecule is CCOC(=O)C(CCc1ccccc1)C(CSc1ccc2ccccc2n1)(OCC)[PH2]=O. The summed E-state index contributed by atoms with van der Waals surface area (Å²) in [6.07, 6.45) is 1.18. The lowest BCUT2D eigenvalue weighted by atomic mass is 9.94. The molecular formula is C25H30NO4PS.